The van der Waals surface area contributed by atoms with Crippen molar-refractivity contribution in [3.63, 3.8) is 0 Å². The van der Waals surface area contributed by atoms with Gasteiger partial charge < -0.3 is 0 Å². The normalized spacial score (nSPS) is 9.31. The summed E-state index contributed by atoms with van der Waals surface area (Å²) in [5.74, 6) is 0. The van der Waals surface area contributed by atoms with Gasteiger partial charge in [0.1, 0.15) is 0 Å². The summed E-state index contributed by atoms with van der Waals surface area (Å²) in [6.07, 6.45) is 0. The third-order valence-electron chi connectivity index (χ3n) is 1.56. The Morgan fingerprint density at radius 3 is 2.69 bits per heavy atom. The molecule has 0 aliphatic rings. The SMILES string of the molecule is Cc1cc(C#N)cc([N+](=O)[O-])c1Br. The van der Waals surface area contributed by atoms with E-state index in [1.54, 1.807) is 13.0 Å². The molecule has 5 heteroatoms. The highest BCUT2D eigenvalue weighted by molar-refractivity contribution is 9.10. The van der Waals surface area contributed by atoms with Crippen LogP contribution in [0.15, 0.2) is 16.6 Å². The summed E-state index contributed by atoms with van der Waals surface area (Å²) in [7, 11) is 0. The number of halogens is 1. The third-order valence-corrected chi connectivity index (χ3v) is 2.59. The topological polar surface area (TPSA) is 66.9 Å². The molecule has 0 atom stereocenters. The van der Waals surface area contributed by atoms with Crippen molar-refractivity contribution >= 4 is 21.6 Å². The first-order valence-corrected chi connectivity index (χ1v) is 4.20. The second-order valence-corrected chi connectivity index (χ2v) is 3.29. The average molecular weight is 241 g/mol. The summed E-state index contributed by atoms with van der Waals surface area (Å²) in [4.78, 5) is 9.99. The number of nitro benzene ring substituents is 1. The number of rotatable bonds is 1. The van der Waals surface area contributed by atoms with Gasteiger partial charge >= 0.3 is 0 Å². The van der Waals surface area contributed by atoms with Gasteiger partial charge in [0.05, 0.1) is 21.0 Å². The molecule has 0 bridgehead atoms. The highest BCUT2D eigenvalue weighted by Crippen LogP contribution is 2.29. The Balaban J connectivity index is 3.44. The quantitative estimate of drug-likeness (QED) is 0.560. The van der Waals surface area contributed by atoms with Crippen molar-refractivity contribution in [1.82, 2.24) is 0 Å². The lowest BCUT2D eigenvalue weighted by Crippen LogP contribution is -1.92. The number of aryl methyl sites for hydroxylation is 1. The van der Waals surface area contributed by atoms with E-state index in [4.69, 9.17) is 5.26 Å². The van der Waals surface area contributed by atoms with E-state index in [0.717, 1.165) is 0 Å². The first kappa shape index (κ1) is 9.68. The van der Waals surface area contributed by atoms with Crippen LogP contribution < -0.4 is 0 Å². The molecule has 0 aliphatic heterocycles. The first-order valence-electron chi connectivity index (χ1n) is 3.41. The summed E-state index contributed by atoms with van der Waals surface area (Å²) >= 11 is 3.09. The fourth-order valence-electron chi connectivity index (χ4n) is 0.948. The van der Waals surface area contributed by atoms with Gasteiger partial charge in [0, 0.05) is 6.07 Å². The minimum absolute atomic E-state index is 0.0726. The molecule has 0 heterocycles. The van der Waals surface area contributed by atoms with Crippen molar-refractivity contribution in [2.75, 3.05) is 0 Å². The Kier molecular flexibility index (Phi) is 2.63. The zero-order valence-electron chi connectivity index (χ0n) is 6.74. The van der Waals surface area contributed by atoms with Crippen LogP contribution in [0.2, 0.25) is 0 Å². The lowest BCUT2D eigenvalue weighted by atomic mass is 10.1. The largest absolute Gasteiger partial charge is 0.285 e. The molecule has 1 aromatic rings. The molecule has 66 valence electrons. The maximum atomic E-state index is 10.5. The Bertz CT molecular complexity index is 409. The molecule has 0 saturated carbocycles. The molecule has 0 amide bonds. The van der Waals surface area contributed by atoms with E-state index in [0.29, 0.717) is 15.6 Å². The summed E-state index contributed by atoms with van der Waals surface area (Å²) in [5, 5.41) is 19.1. The molecular weight excluding hydrogens is 236 g/mol. The smallest absolute Gasteiger partial charge is 0.258 e. The Morgan fingerprint density at radius 1 is 1.62 bits per heavy atom. The van der Waals surface area contributed by atoms with E-state index in [2.05, 4.69) is 15.9 Å². The summed E-state index contributed by atoms with van der Waals surface area (Å²) in [6.45, 7) is 1.71. The number of hydrogen-bond donors (Lipinski definition) is 0. The predicted octanol–water partition coefficient (Wildman–Crippen LogP) is 2.54. The van der Waals surface area contributed by atoms with Gasteiger partial charge in [-0.25, -0.2) is 0 Å². The van der Waals surface area contributed by atoms with E-state index >= 15 is 0 Å². The molecule has 1 aromatic carbocycles. The second kappa shape index (κ2) is 3.54. The van der Waals surface area contributed by atoms with Gasteiger partial charge in [0.25, 0.3) is 5.69 Å². The Morgan fingerprint density at radius 2 is 2.23 bits per heavy atom. The Hall–Kier alpha value is -1.41. The molecule has 0 unspecified atom stereocenters. The summed E-state index contributed by atoms with van der Waals surface area (Å²) in [6, 6.07) is 4.71. The zero-order valence-corrected chi connectivity index (χ0v) is 8.33. The van der Waals surface area contributed by atoms with E-state index in [-0.39, 0.29) is 5.69 Å². The monoisotopic (exact) mass is 240 g/mol. The molecule has 0 fully saturated rings. The fraction of sp³-hybridized carbons (Fsp3) is 0.125. The molecule has 0 radical (unpaired) electrons. The number of benzene rings is 1. The molecule has 4 nitrogen and oxygen atoms in total. The van der Waals surface area contributed by atoms with Crippen molar-refractivity contribution in [3.8, 4) is 6.07 Å². The summed E-state index contributed by atoms with van der Waals surface area (Å²) in [5.41, 5.74) is 0.912. The zero-order chi connectivity index (χ0) is 10.0. The lowest BCUT2D eigenvalue weighted by Gasteiger charge is -1.99. The fourth-order valence-corrected chi connectivity index (χ4v) is 1.32. The summed E-state index contributed by atoms with van der Waals surface area (Å²) < 4.78 is 0.427. The molecule has 13 heavy (non-hydrogen) atoms. The van der Waals surface area contributed by atoms with Crippen LogP contribution in [0, 0.1) is 28.4 Å². The standard InChI is InChI=1S/C8H5BrN2O2/c1-5-2-6(4-10)3-7(8(5)9)11(12)13/h2-3H,1H3. The van der Waals surface area contributed by atoms with Gasteiger partial charge in [-0.05, 0) is 34.5 Å². The molecule has 0 N–H and O–H groups in total. The van der Waals surface area contributed by atoms with Gasteiger partial charge in [0.2, 0.25) is 0 Å². The van der Waals surface area contributed by atoms with Crippen LogP contribution in [0.3, 0.4) is 0 Å². The van der Waals surface area contributed by atoms with Gasteiger partial charge in [-0.3, -0.25) is 10.1 Å². The van der Waals surface area contributed by atoms with E-state index < -0.39 is 4.92 Å². The average Bonchev–Trinajstić information content (AvgIpc) is 2.09. The lowest BCUT2D eigenvalue weighted by molar-refractivity contribution is -0.385. The highest BCUT2D eigenvalue weighted by atomic mass is 79.9. The number of nitro groups is 1. The van der Waals surface area contributed by atoms with Crippen molar-refractivity contribution < 1.29 is 4.92 Å². The maximum absolute atomic E-state index is 10.5. The van der Waals surface area contributed by atoms with Crippen LogP contribution in [-0.4, -0.2) is 4.92 Å². The van der Waals surface area contributed by atoms with Crippen LogP contribution in [-0.2, 0) is 0 Å². The highest BCUT2D eigenvalue weighted by Gasteiger charge is 2.14. The minimum Gasteiger partial charge on any atom is -0.258 e. The number of nitrogens with zero attached hydrogens (tertiary/aromatic N) is 2. The molecule has 0 aromatic heterocycles. The van der Waals surface area contributed by atoms with Crippen LogP contribution in [0.5, 0.6) is 0 Å². The van der Waals surface area contributed by atoms with Gasteiger partial charge in [-0.1, -0.05) is 0 Å². The van der Waals surface area contributed by atoms with Gasteiger partial charge in [-0.2, -0.15) is 5.26 Å². The number of hydrogen-bond acceptors (Lipinski definition) is 3. The third kappa shape index (κ3) is 1.84. The molecular formula is C8H5BrN2O2. The Labute approximate surface area is 83.1 Å². The van der Waals surface area contributed by atoms with Crippen LogP contribution in [0.25, 0.3) is 0 Å². The van der Waals surface area contributed by atoms with Crippen molar-refractivity contribution in [3.05, 3.63) is 37.8 Å². The second-order valence-electron chi connectivity index (χ2n) is 2.50. The van der Waals surface area contributed by atoms with Crippen molar-refractivity contribution in [2.24, 2.45) is 0 Å². The van der Waals surface area contributed by atoms with Gasteiger partial charge in [-0.15, -0.1) is 0 Å². The van der Waals surface area contributed by atoms with E-state index in [1.165, 1.54) is 6.07 Å². The van der Waals surface area contributed by atoms with E-state index in [9.17, 15) is 10.1 Å². The van der Waals surface area contributed by atoms with Crippen molar-refractivity contribution in [1.29, 1.82) is 5.26 Å². The number of nitriles is 1. The predicted molar refractivity (Wildman–Crippen MR) is 50.2 cm³/mol. The first-order chi connectivity index (χ1) is 6.06. The van der Waals surface area contributed by atoms with E-state index in [1.807, 2.05) is 6.07 Å². The van der Waals surface area contributed by atoms with Gasteiger partial charge in [0.15, 0.2) is 0 Å². The van der Waals surface area contributed by atoms with Crippen molar-refractivity contribution in [2.45, 2.75) is 6.92 Å². The molecule has 0 aliphatic carbocycles. The maximum Gasteiger partial charge on any atom is 0.285 e. The van der Waals surface area contributed by atoms with Crippen LogP contribution in [0.4, 0.5) is 5.69 Å². The van der Waals surface area contributed by atoms with Crippen LogP contribution >= 0.6 is 15.9 Å². The molecule has 1 rings (SSSR count). The minimum atomic E-state index is -0.516. The van der Waals surface area contributed by atoms with Crippen LogP contribution in [0.1, 0.15) is 11.1 Å². The molecule has 0 spiro atoms. The molecule has 0 saturated heterocycles.